The Morgan fingerprint density at radius 1 is 1.44 bits per heavy atom. The van der Waals surface area contributed by atoms with Gasteiger partial charge in [-0.1, -0.05) is 34.6 Å². The van der Waals surface area contributed by atoms with Gasteiger partial charge in [0.05, 0.1) is 0 Å². The largest absolute Gasteiger partial charge is 0.337 e. The van der Waals surface area contributed by atoms with E-state index in [0.29, 0.717) is 17.9 Å². The smallest absolute Gasteiger partial charge is 0.228 e. The number of hydrogen-bond acceptors (Lipinski definition) is 2. The number of rotatable bonds is 2. The van der Waals surface area contributed by atoms with Crippen molar-refractivity contribution < 1.29 is 4.79 Å². The van der Waals surface area contributed by atoms with Crippen LogP contribution in [0.25, 0.3) is 0 Å². The average Bonchev–Trinajstić information content (AvgIpc) is 2.15. The molecule has 0 bridgehead atoms. The van der Waals surface area contributed by atoms with Crippen LogP contribution >= 0.6 is 0 Å². The van der Waals surface area contributed by atoms with Gasteiger partial charge in [-0.3, -0.25) is 4.79 Å². The van der Waals surface area contributed by atoms with E-state index in [-0.39, 0.29) is 5.41 Å². The van der Waals surface area contributed by atoms with E-state index < -0.39 is 0 Å². The van der Waals surface area contributed by atoms with Crippen LogP contribution in [0.15, 0.2) is 0 Å². The molecule has 1 unspecified atom stereocenters. The van der Waals surface area contributed by atoms with Gasteiger partial charge in [-0.05, 0) is 12.3 Å². The molecule has 1 saturated heterocycles. The van der Waals surface area contributed by atoms with E-state index >= 15 is 0 Å². The molecule has 1 amide bonds. The monoisotopic (exact) mass is 226 g/mol. The Labute approximate surface area is 99.6 Å². The van der Waals surface area contributed by atoms with Crippen molar-refractivity contribution in [3.63, 3.8) is 0 Å². The Kier molecular flexibility index (Phi) is 4.36. The summed E-state index contributed by atoms with van der Waals surface area (Å²) in [6.45, 7) is 13.2. The summed E-state index contributed by atoms with van der Waals surface area (Å²) < 4.78 is 0. The maximum atomic E-state index is 12.3. The normalized spacial score (nSPS) is 22.6. The van der Waals surface area contributed by atoms with Crippen molar-refractivity contribution in [3.05, 3.63) is 0 Å². The minimum absolute atomic E-state index is 0.257. The van der Waals surface area contributed by atoms with Gasteiger partial charge < -0.3 is 10.2 Å². The summed E-state index contributed by atoms with van der Waals surface area (Å²) in [5, 5.41) is 3.38. The molecule has 0 saturated carbocycles. The van der Waals surface area contributed by atoms with Crippen molar-refractivity contribution in [2.45, 2.75) is 47.1 Å². The van der Waals surface area contributed by atoms with Crippen LogP contribution in [0.3, 0.4) is 0 Å². The quantitative estimate of drug-likeness (QED) is 0.779. The lowest BCUT2D eigenvalue weighted by molar-refractivity contribution is -0.143. The summed E-state index contributed by atoms with van der Waals surface area (Å²) in [6.07, 6.45) is 1.09. The van der Waals surface area contributed by atoms with Crippen LogP contribution in [0.2, 0.25) is 0 Å². The summed E-state index contributed by atoms with van der Waals surface area (Å²) in [4.78, 5) is 14.4. The zero-order valence-corrected chi connectivity index (χ0v) is 11.3. The number of piperazine rings is 1. The van der Waals surface area contributed by atoms with Gasteiger partial charge in [-0.2, -0.15) is 0 Å². The number of hydrogen-bond donors (Lipinski definition) is 1. The Balaban J connectivity index is 2.70. The van der Waals surface area contributed by atoms with Crippen LogP contribution in [0.1, 0.15) is 41.0 Å². The molecule has 0 aromatic heterocycles. The fourth-order valence-corrected chi connectivity index (χ4v) is 2.21. The van der Waals surface area contributed by atoms with Crippen LogP contribution in [-0.2, 0) is 4.79 Å². The van der Waals surface area contributed by atoms with Crippen LogP contribution in [-0.4, -0.2) is 36.5 Å². The molecular weight excluding hydrogens is 200 g/mol. The van der Waals surface area contributed by atoms with E-state index in [1.54, 1.807) is 0 Å². The molecule has 1 fully saturated rings. The predicted octanol–water partition coefficient (Wildman–Crippen LogP) is 1.88. The third-order valence-corrected chi connectivity index (χ3v) is 3.00. The van der Waals surface area contributed by atoms with Gasteiger partial charge in [0, 0.05) is 31.1 Å². The zero-order valence-electron chi connectivity index (χ0n) is 11.3. The highest BCUT2D eigenvalue weighted by atomic mass is 16.2. The maximum Gasteiger partial charge on any atom is 0.228 e. The van der Waals surface area contributed by atoms with E-state index in [9.17, 15) is 4.79 Å². The van der Waals surface area contributed by atoms with E-state index in [1.807, 2.05) is 20.8 Å². The average molecular weight is 226 g/mol. The first-order valence-corrected chi connectivity index (χ1v) is 6.34. The fourth-order valence-electron chi connectivity index (χ4n) is 2.21. The minimum Gasteiger partial charge on any atom is -0.337 e. The molecule has 3 heteroatoms. The van der Waals surface area contributed by atoms with Crippen molar-refractivity contribution in [3.8, 4) is 0 Å². The van der Waals surface area contributed by atoms with Crippen molar-refractivity contribution in [1.29, 1.82) is 0 Å². The zero-order chi connectivity index (χ0) is 12.3. The summed E-state index contributed by atoms with van der Waals surface area (Å²) >= 11 is 0. The minimum atomic E-state index is -0.257. The number of carbonyl (C=O) groups excluding carboxylic acids is 1. The Bertz CT molecular complexity index is 243. The fraction of sp³-hybridized carbons (Fsp3) is 0.923. The topological polar surface area (TPSA) is 32.3 Å². The van der Waals surface area contributed by atoms with Gasteiger partial charge in [0.1, 0.15) is 0 Å². The summed E-state index contributed by atoms with van der Waals surface area (Å²) in [5.41, 5.74) is -0.257. The Morgan fingerprint density at radius 3 is 2.56 bits per heavy atom. The maximum absolute atomic E-state index is 12.3. The molecule has 1 atom stereocenters. The molecule has 1 aliphatic heterocycles. The van der Waals surface area contributed by atoms with Crippen molar-refractivity contribution in [2.24, 2.45) is 11.3 Å². The van der Waals surface area contributed by atoms with E-state index in [1.165, 1.54) is 0 Å². The van der Waals surface area contributed by atoms with E-state index in [0.717, 1.165) is 26.1 Å². The molecule has 3 nitrogen and oxygen atoms in total. The molecule has 94 valence electrons. The summed E-state index contributed by atoms with van der Waals surface area (Å²) in [5.74, 6) is 0.930. The molecular formula is C13H26N2O. The Hall–Kier alpha value is -0.570. The molecule has 0 radical (unpaired) electrons. The highest BCUT2D eigenvalue weighted by molar-refractivity contribution is 5.82. The first-order chi connectivity index (χ1) is 7.32. The molecule has 1 aliphatic rings. The summed E-state index contributed by atoms with van der Waals surface area (Å²) in [7, 11) is 0. The van der Waals surface area contributed by atoms with Crippen LogP contribution < -0.4 is 5.32 Å². The first kappa shape index (κ1) is 13.5. The number of amides is 1. The van der Waals surface area contributed by atoms with Crippen LogP contribution in [0, 0.1) is 11.3 Å². The third kappa shape index (κ3) is 3.48. The first-order valence-electron chi connectivity index (χ1n) is 6.34. The predicted molar refractivity (Wildman–Crippen MR) is 67.3 cm³/mol. The highest BCUT2D eigenvalue weighted by Gasteiger charge is 2.33. The highest BCUT2D eigenvalue weighted by Crippen LogP contribution is 2.22. The molecule has 0 aromatic carbocycles. The van der Waals surface area contributed by atoms with Gasteiger partial charge in [-0.25, -0.2) is 0 Å². The number of carbonyl (C=O) groups is 1. The molecule has 1 rings (SSSR count). The van der Waals surface area contributed by atoms with Gasteiger partial charge in [-0.15, -0.1) is 0 Å². The van der Waals surface area contributed by atoms with Crippen molar-refractivity contribution in [1.82, 2.24) is 10.2 Å². The van der Waals surface area contributed by atoms with Crippen molar-refractivity contribution in [2.75, 3.05) is 19.6 Å². The van der Waals surface area contributed by atoms with Gasteiger partial charge in [0.15, 0.2) is 0 Å². The number of nitrogens with zero attached hydrogens (tertiary/aromatic N) is 1. The van der Waals surface area contributed by atoms with Gasteiger partial charge in [0.25, 0.3) is 0 Å². The third-order valence-electron chi connectivity index (χ3n) is 3.00. The second-order valence-corrected chi connectivity index (χ2v) is 6.24. The Morgan fingerprint density at radius 2 is 2.06 bits per heavy atom. The molecule has 0 aliphatic carbocycles. The molecule has 0 spiro atoms. The molecule has 1 N–H and O–H groups in total. The van der Waals surface area contributed by atoms with E-state index in [2.05, 4.69) is 24.1 Å². The lowest BCUT2D eigenvalue weighted by Gasteiger charge is -2.40. The van der Waals surface area contributed by atoms with E-state index in [4.69, 9.17) is 0 Å². The second-order valence-electron chi connectivity index (χ2n) is 6.24. The van der Waals surface area contributed by atoms with Gasteiger partial charge >= 0.3 is 0 Å². The van der Waals surface area contributed by atoms with Gasteiger partial charge in [0.2, 0.25) is 5.91 Å². The lowest BCUT2D eigenvalue weighted by atomic mass is 9.92. The molecule has 0 aromatic rings. The van der Waals surface area contributed by atoms with Crippen LogP contribution in [0.5, 0.6) is 0 Å². The van der Waals surface area contributed by atoms with Crippen LogP contribution in [0.4, 0.5) is 0 Å². The summed E-state index contributed by atoms with van der Waals surface area (Å²) in [6, 6.07) is 0.375. The standard InChI is InChI=1S/C13H26N2O/c1-10(2)8-11-9-14-6-7-15(11)12(16)13(3,4)5/h10-11,14H,6-9H2,1-5H3. The lowest BCUT2D eigenvalue weighted by Crippen LogP contribution is -2.56. The molecule has 1 heterocycles. The number of nitrogens with one attached hydrogen (secondary N) is 1. The SMILES string of the molecule is CC(C)CC1CNCCN1C(=O)C(C)(C)C. The molecule has 16 heavy (non-hydrogen) atoms. The van der Waals surface area contributed by atoms with Crippen molar-refractivity contribution >= 4 is 5.91 Å². The second kappa shape index (κ2) is 5.17.